The van der Waals surface area contributed by atoms with Crippen LogP contribution in [0.2, 0.25) is 0 Å². The van der Waals surface area contributed by atoms with E-state index >= 15 is 0 Å². The maximum Gasteiger partial charge on any atom is 0.280 e. The molecule has 294 valence electrons. The number of aromatic nitrogens is 4. The molecular weight excluding hydrogens is 759 g/mol. The SMILES string of the molecule is Cc1cc(NC(=S)NCCCC(=O)CCCNC(=O)c2ccc(NCc3cnc4nc(N)[nH]c(=O)c4n3)cc2)ccc1-c1c2ccc(=O)cc-2oc2cc(O)ccc12. The smallest absolute Gasteiger partial charge is 0.280 e. The molecule has 0 fully saturated rings. The largest absolute Gasteiger partial charge is 0.508 e. The highest BCUT2D eigenvalue weighted by atomic mass is 32.1. The lowest BCUT2D eigenvalue weighted by Crippen LogP contribution is -2.29. The van der Waals surface area contributed by atoms with Crippen LogP contribution in [0.1, 0.15) is 47.3 Å². The Hall–Kier alpha value is -7.20. The van der Waals surface area contributed by atoms with Gasteiger partial charge in [0.1, 0.15) is 22.9 Å². The van der Waals surface area contributed by atoms with Crippen molar-refractivity contribution in [1.29, 1.82) is 0 Å². The molecule has 3 heterocycles. The van der Waals surface area contributed by atoms with E-state index in [0.717, 1.165) is 39.0 Å². The van der Waals surface area contributed by atoms with E-state index in [1.807, 2.05) is 25.1 Å². The van der Waals surface area contributed by atoms with Crippen LogP contribution in [-0.4, -0.2) is 54.9 Å². The van der Waals surface area contributed by atoms with Gasteiger partial charge in [0, 0.05) is 71.5 Å². The third kappa shape index (κ3) is 9.25. The second kappa shape index (κ2) is 17.3. The molecule has 1 aliphatic heterocycles. The minimum Gasteiger partial charge on any atom is -0.508 e. The first-order chi connectivity index (χ1) is 28.0. The number of anilines is 3. The maximum atomic E-state index is 12.7. The molecule has 0 unspecified atom stereocenters. The number of amides is 1. The van der Waals surface area contributed by atoms with Gasteiger partial charge in [-0.05, 0) is 104 Å². The summed E-state index contributed by atoms with van der Waals surface area (Å²) in [6, 6.07) is 22.5. The molecule has 2 aromatic heterocycles. The molecule has 3 aromatic carbocycles. The summed E-state index contributed by atoms with van der Waals surface area (Å²) in [7, 11) is 0. The van der Waals surface area contributed by atoms with Gasteiger partial charge in [-0.1, -0.05) is 6.07 Å². The average molecular weight is 798 g/mol. The monoisotopic (exact) mass is 797 g/mol. The number of H-pyrrole nitrogens is 1. The number of carbonyl (C=O) groups is 2. The van der Waals surface area contributed by atoms with Gasteiger partial charge < -0.3 is 36.5 Å². The van der Waals surface area contributed by atoms with Crippen LogP contribution in [0.4, 0.5) is 17.3 Å². The van der Waals surface area contributed by atoms with Crippen LogP contribution in [0.5, 0.6) is 5.75 Å². The second-order valence-corrected chi connectivity index (χ2v) is 14.1. The lowest BCUT2D eigenvalue weighted by molar-refractivity contribution is -0.119. The number of rotatable bonds is 14. The summed E-state index contributed by atoms with van der Waals surface area (Å²) in [6.07, 6.45) is 3.37. The molecule has 5 aromatic rings. The number of nitrogens with two attached hydrogens (primary N) is 1. The number of ketones is 1. The molecule has 15 nitrogen and oxygen atoms in total. The van der Waals surface area contributed by atoms with Crippen molar-refractivity contribution in [3.8, 4) is 28.2 Å². The third-order valence-electron chi connectivity index (χ3n) is 9.37. The first-order valence-electron chi connectivity index (χ1n) is 18.5. The summed E-state index contributed by atoms with van der Waals surface area (Å²) in [5.74, 6) is 0.341. The fraction of sp³-hybridized carbons (Fsp3) is 0.190. The van der Waals surface area contributed by atoms with Crippen molar-refractivity contribution in [3.63, 3.8) is 0 Å². The maximum absolute atomic E-state index is 12.7. The Morgan fingerprint density at radius 3 is 2.40 bits per heavy atom. The van der Waals surface area contributed by atoms with Gasteiger partial charge in [0.15, 0.2) is 21.7 Å². The predicted octanol–water partition coefficient (Wildman–Crippen LogP) is 5.65. The van der Waals surface area contributed by atoms with Crippen molar-refractivity contribution in [2.75, 3.05) is 29.5 Å². The van der Waals surface area contributed by atoms with Crippen molar-refractivity contribution in [1.82, 2.24) is 30.6 Å². The van der Waals surface area contributed by atoms with Crippen LogP contribution in [0.25, 0.3) is 44.6 Å². The minimum absolute atomic E-state index is 0.0271. The molecule has 0 radical (unpaired) electrons. The Morgan fingerprint density at radius 1 is 0.879 bits per heavy atom. The normalized spacial score (nSPS) is 11.1. The number of hydrogen-bond donors (Lipinski definition) is 7. The minimum atomic E-state index is -0.465. The van der Waals surface area contributed by atoms with Crippen LogP contribution >= 0.6 is 12.2 Å². The molecule has 1 amide bonds. The Bertz CT molecular complexity index is 2770. The van der Waals surface area contributed by atoms with E-state index in [1.165, 1.54) is 24.4 Å². The van der Waals surface area contributed by atoms with Crippen LogP contribution in [0, 0.1) is 6.92 Å². The number of thiocarbonyl (C=S) groups is 1. The summed E-state index contributed by atoms with van der Waals surface area (Å²) in [5, 5.41) is 23.7. The van der Waals surface area contributed by atoms with E-state index in [0.29, 0.717) is 73.0 Å². The van der Waals surface area contributed by atoms with Gasteiger partial charge in [0.2, 0.25) is 5.95 Å². The number of aromatic amines is 1. The number of nitrogens with zero attached hydrogens (tertiary/aromatic N) is 3. The number of carbonyl (C=O) groups excluding carboxylic acids is 2. The molecular formula is C42H39N9O6S. The number of benzene rings is 4. The molecule has 16 heteroatoms. The zero-order valence-electron chi connectivity index (χ0n) is 31.3. The van der Waals surface area contributed by atoms with E-state index < -0.39 is 5.56 Å². The number of aromatic hydroxyl groups is 1. The third-order valence-corrected chi connectivity index (χ3v) is 9.62. The molecule has 2 aliphatic rings. The number of nitrogen functional groups attached to an aromatic ring is 1. The molecule has 0 atom stereocenters. The van der Waals surface area contributed by atoms with Crippen molar-refractivity contribution in [3.05, 3.63) is 122 Å². The summed E-state index contributed by atoms with van der Waals surface area (Å²) in [5.41, 5.74) is 11.8. The molecule has 7 rings (SSSR count). The highest BCUT2D eigenvalue weighted by Crippen LogP contribution is 2.42. The van der Waals surface area contributed by atoms with Crippen molar-refractivity contribution in [2.45, 2.75) is 39.2 Å². The molecule has 0 bridgehead atoms. The van der Waals surface area contributed by atoms with Gasteiger partial charge in [-0.15, -0.1) is 0 Å². The van der Waals surface area contributed by atoms with E-state index in [9.17, 15) is 24.3 Å². The average Bonchev–Trinajstić information content (AvgIpc) is 3.20. The fourth-order valence-corrected chi connectivity index (χ4v) is 6.76. The summed E-state index contributed by atoms with van der Waals surface area (Å²) < 4.78 is 5.98. The van der Waals surface area contributed by atoms with Crippen molar-refractivity contribution in [2.24, 2.45) is 0 Å². The topological polar surface area (TPSA) is 230 Å². The Morgan fingerprint density at radius 2 is 1.62 bits per heavy atom. The Balaban J connectivity index is 0.811. The first kappa shape index (κ1) is 39.1. The number of aryl methyl sites for hydroxylation is 1. The number of hydrogen-bond acceptors (Lipinski definition) is 12. The van der Waals surface area contributed by atoms with E-state index in [-0.39, 0.29) is 40.0 Å². The number of fused-ring (bicyclic) bond motifs is 3. The first-order valence-corrected chi connectivity index (χ1v) is 18.9. The number of nitrogens with one attached hydrogen (secondary N) is 5. The molecule has 0 saturated heterocycles. The number of phenols is 1. The molecule has 1 aliphatic carbocycles. The summed E-state index contributed by atoms with van der Waals surface area (Å²) >= 11 is 5.51. The lowest BCUT2D eigenvalue weighted by atomic mass is 9.91. The van der Waals surface area contributed by atoms with Gasteiger partial charge in [0.25, 0.3) is 11.5 Å². The zero-order chi connectivity index (χ0) is 40.8. The molecule has 0 saturated carbocycles. The van der Waals surface area contributed by atoms with Gasteiger partial charge in [0.05, 0.1) is 18.4 Å². The van der Waals surface area contributed by atoms with Crippen LogP contribution < -0.4 is 38.0 Å². The lowest BCUT2D eigenvalue weighted by Gasteiger charge is -2.18. The van der Waals surface area contributed by atoms with Gasteiger partial charge >= 0.3 is 0 Å². The van der Waals surface area contributed by atoms with Crippen molar-refractivity contribution < 1.29 is 19.1 Å². The highest BCUT2D eigenvalue weighted by molar-refractivity contribution is 7.80. The second-order valence-electron chi connectivity index (χ2n) is 13.6. The molecule has 8 N–H and O–H groups in total. The molecule has 58 heavy (non-hydrogen) atoms. The zero-order valence-corrected chi connectivity index (χ0v) is 32.2. The standard InChI is InChI=1S/C42H39N9O6S/c1-23-18-26(10-13-31(23)36-32-14-11-29(53)19-34(32)57-35-20-30(54)12-15-33(35)36)49-42(58)45-17-3-5-28(52)4-2-16-44-39(55)24-6-8-25(9-7-24)46-21-27-22-47-38-37(48-27)40(56)51-41(43)50-38/h6-15,18-20,22,46,53H,2-5,16-17,21H2,1H3,(H,44,55)(H2,45,49,58)(H3,43,47,50,51,56). The predicted molar refractivity (Wildman–Crippen MR) is 227 cm³/mol. The fourth-order valence-electron chi connectivity index (χ4n) is 6.54. The van der Waals surface area contributed by atoms with Crippen LogP contribution in [0.15, 0.2) is 99.1 Å². The summed E-state index contributed by atoms with van der Waals surface area (Å²) in [6.45, 7) is 3.17. The molecule has 0 spiro atoms. The van der Waals surface area contributed by atoms with E-state index in [2.05, 4.69) is 41.2 Å². The van der Waals surface area contributed by atoms with Crippen LogP contribution in [-0.2, 0) is 11.3 Å². The number of phenolic OH excluding ortho intramolecular Hbond substituents is 1. The van der Waals surface area contributed by atoms with Gasteiger partial charge in [-0.25, -0.2) is 9.97 Å². The van der Waals surface area contributed by atoms with E-state index in [4.69, 9.17) is 22.4 Å². The Kier molecular flexibility index (Phi) is 11.6. The highest BCUT2D eigenvalue weighted by Gasteiger charge is 2.19. The van der Waals surface area contributed by atoms with Crippen molar-refractivity contribution >= 4 is 68.5 Å². The van der Waals surface area contributed by atoms with Gasteiger partial charge in [-0.2, -0.15) is 4.98 Å². The summed E-state index contributed by atoms with van der Waals surface area (Å²) in [4.78, 5) is 64.2. The quantitative estimate of drug-likeness (QED) is 0.0401. The van der Waals surface area contributed by atoms with E-state index in [1.54, 1.807) is 42.5 Å². The van der Waals surface area contributed by atoms with Gasteiger partial charge in [-0.3, -0.25) is 24.2 Å². The Labute approximate surface area is 336 Å². The van der Waals surface area contributed by atoms with Crippen LogP contribution in [0.3, 0.4) is 0 Å². The number of Topliss-reactive ketones (excluding diaryl/α,β-unsaturated/α-hetero) is 1.